The fourth-order valence-corrected chi connectivity index (χ4v) is 3.01. The third-order valence-corrected chi connectivity index (χ3v) is 4.64. The van der Waals surface area contributed by atoms with Gasteiger partial charge >= 0.3 is 0 Å². The van der Waals surface area contributed by atoms with Crippen molar-refractivity contribution in [1.82, 2.24) is 14.8 Å². The highest BCUT2D eigenvalue weighted by Gasteiger charge is 2.32. The fourth-order valence-electron chi connectivity index (χ4n) is 3.01. The number of aryl methyl sites for hydroxylation is 1. The van der Waals surface area contributed by atoms with Crippen molar-refractivity contribution in [2.75, 3.05) is 19.6 Å². The maximum Gasteiger partial charge on any atom is 0.246 e. The second kappa shape index (κ2) is 7.54. The molecule has 0 radical (unpaired) electrons. The summed E-state index contributed by atoms with van der Waals surface area (Å²) in [6.45, 7) is 13.5. The molecule has 1 aromatic rings. The van der Waals surface area contributed by atoms with E-state index in [0.29, 0.717) is 5.92 Å². The molecular weight excluding hydrogens is 274 g/mol. The first-order valence-electron chi connectivity index (χ1n) is 8.12. The molecule has 0 spiro atoms. The molecular formula is C18H27N3O. The van der Waals surface area contributed by atoms with E-state index in [1.54, 1.807) is 0 Å². The van der Waals surface area contributed by atoms with E-state index in [0.717, 1.165) is 38.3 Å². The van der Waals surface area contributed by atoms with Crippen LogP contribution in [-0.4, -0.2) is 46.4 Å². The minimum Gasteiger partial charge on any atom is -0.333 e. The molecule has 1 aromatic heterocycles. The summed E-state index contributed by atoms with van der Waals surface area (Å²) < 4.78 is 0. The minimum absolute atomic E-state index is 0.0574. The molecule has 0 saturated carbocycles. The largest absolute Gasteiger partial charge is 0.333 e. The molecule has 1 aliphatic heterocycles. The molecule has 4 nitrogen and oxygen atoms in total. The second-order valence-corrected chi connectivity index (χ2v) is 6.23. The molecule has 0 bridgehead atoms. The van der Waals surface area contributed by atoms with Crippen molar-refractivity contribution in [3.8, 4) is 0 Å². The van der Waals surface area contributed by atoms with E-state index in [-0.39, 0.29) is 11.9 Å². The lowest BCUT2D eigenvalue weighted by Crippen LogP contribution is -2.56. The van der Waals surface area contributed by atoms with Gasteiger partial charge in [-0.3, -0.25) is 14.7 Å². The van der Waals surface area contributed by atoms with Crippen molar-refractivity contribution >= 4 is 5.91 Å². The number of aromatic nitrogens is 1. The van der Waals surface area contributed by atoms with Gasteiger partial charge in [0.25, 0.3) is 0 Å². The summed E-state index contributed by atoms with van der Waals surface area (Å²) in [5, 5.41) is 0. The third-order valence-electron chi connectivity index (χ3n) is 4.64. The van der Waals surface area contributed by atoms with Crippen molar-refractivity contribution in [1.29, 1.82) is 0 Å². The molecule has 2 heterocycles. The molecule has 0 aliphatic carbocycles. The number of rotatable bonds is 5. The predicted molar refractivity (Wildman–Crippen MR) is 89.4 cm³/mol. The first-order chi connectivity index (χ1) is 10.5. The highest BCUT2D eigenvalue weighted by molar-refractivity contribution is 5.87. The SMILES string of the molecule is C=CC(=O)N1CCN(Cc2ccc(C)nc2)C[C@H]1[C@H](C)CC. The summed E-state index contributed by atoms with van der Waals surface area (Å²) in [4.78, 5) is 20.9. The Kier molecular flexibility index (Phi) is 5.72. The van der Waals surface area contributed by atoms with Crippen LogP contribution in [0.3, 0.4) is 0 Å². The Labute approximate surface area is 133 Å². The molecule has 0 N–H and O–H groups in total. The van der Waals surface area contributed by atoms with Gasteiger partial charge in [-0.05, 0) is 30.5 Å². The summed E-state index contributed by atoms with van der Waals surface area (Å²) in [5.41, 5.74) is 2.28. The van der Waals surface area contributed by atoms with Gasteiger partial charge in [0.1, 0.15) is 0 Å². The van der Waals surface area contributed by atoms with E-state index in [4.69, 9.17) is 0 Å². The van der Waals surface area contributed by atoms with Gasteiger partial charge in [0, 0.05) is 44.1 Å². The van der Waals surface area contributed by atoms with Gasteiger partial charge in [-0.15, -0.1) is 0 Å². The minimum atomic E-state index is 0.0574. The van der Waals surface area contributed by atoms with Gasteiger partial charge in [0.15, 0.2) is 0 Å². The van der Waals surface area contributed by atoms with Crippen LogP contribution in [0.15, 0.2) is 31.0 Å². The Morgan fingerprint density at radius 2 is 2.27 bits per heavy atom. The molecule has 120 valence electrons. The molecule has 22 heavy (non-hydrogen) atoms. The number of carbonyl (C=O) groups is 1. The Morgan fingerprint density at radius 3 is 2.86 bits per heavy atom. The summed E-state index contributed by atoms with van der Waals surface area (Å²) >= 11 is 0. The number of amides is 1. The maximum atomic E-state index is 12.1. The number of carbonyl (C=O) groups excluding carboxylic acids is 1. The first kappa shape index (κ1) is 16.7. The Hall–Kier alpha value is -1.68. The average molecular weight is 301 g/mol. The standard InChI is InChI=1S/C18H27N3O/c1-5-14(3)17-13-20(9-10-21(17)18(22)6-2)12-16-8-7-15(4)19-11-16/h6-8,11,14,17H,2,5,9-10,12-13H2,1,3-4H3/t14-,17+/m1/s1. The fraction of sp³-hybridized carbons (Fsp3) is 0.556. The lowest BCUT2D eigenvalue weighted by Gasteiger charge is -2.43. The zero-order valence-corrected chi connectivity index (χ0v) is 14.0. The van der Waals surface area contributed by atoms with E-state index in [2.05, 4.69) is 42.4 Å². The molecule has 4 heteroatoms. The molecule has 0 aromatic carbocycles. The molecule has 2 atom stereocenters. The quantitative estimate of drug-likeness (QED) is 0.785. The highest BCUT2D eigenvalue weighted by atomic mass is 16.2. The topological polar surface area (TPSA) is 36.4 Å². The molecule has 1 amide bonds. The Bertz CT molecular complexity index is 512. The smallest absolute Gasteiger partial charge is 0.246 e. The molecule has 1 aliphatic rings. The first-order valence-corrected chi connectivity index (χ1v) is 8.12. The van der Waals surface area contributed by atoms with Crippen LogP contribution in [0.4, 0.5) is 0 Å². The van der Waals surface area contributed by atoms with Crippen LogP contribution in [0, 0.1) is 12.8 Å². The summed E-state index contributed by atoms with van der Waals surface area (Å²) in [6, 6.07) is 4.46. The van der Waals surface area contributed by atoms with E-state index in [9.17, 15) is 4.79 Å². The van der Waals surface area contributed by atoms with Crippen LogP contribution in [0.25, 0.3) is 0 Å². The van der Waals surface area contributed by atoms with Gasteiger partial charge in [-0.2, -0.15) is 0 Å². The number of hydrogen-bond acceptors (Lipinski definition) is 3. The Balaban J connectivity index is 2.05. The van der Waals surface area contributed by atoms with E-state index >= 15 is 0 Å². The summed E-state index contributed by atoms with van der Waals surface area (Å²) in [7, 11) is 0. The van der Waals surface area contributed by atoms with Crippen molar-refractivity contribution in [2.45, 2.75) is 39.8 Å². The highest BCUT2D eigenvalue weighted by Crippen LogP contribution is 2.21. The van der Waals surface area contributed by atoms with Gasteiger partial charge < -0.3 is 4.90 Å². The normalized spacial score (nSPS) is 20.7. The maximum absolute atomic E-state index is 12.1. The lowest BCUT2D eigenvalue weighted by molar-refractivity contribution is -0.132. The summed E-state index contributed by atoms with van der Waals surface area (Å²) in [5.74, 6) is 0.546. The molecule has 0 unspecified atom stereocenters. The zero-order valence-electron chi connectivity index (χ0n) is 14.0. The predicted octanol–water partition coefficient (Wildman–Crippen LogP) is 2.63. The molecule has 1 fully saturated rings. The van der Waals surface area contributed by atoms with Crippen LogP contribution < -0.4 is 0 Å². The van der Waals surface area contributed by atoms with Crippen LogP contribution in [-0.2, 0) is 11.3 Å². The van der Waals surface area contributed by atoms with Crippen LogP contribution in [0.1, 0.15) is 31.5 Å². The molecule has 2 rings (SSSR count). The van der Waals surface area contributed by atoms with E-state index < -0.39 is 0 Å². The van der Waals surface area contributed by atoms with Crippen molar-refractivity contribution in [3.05, 3.63) is 42.2 Å². The van der Waals surface area contributed by atoms with Gasteiger partial charge in [-0.25, -0.2) is 0 Å². The van der Waals surface area contributed by atoms with Crippen molar-refractivity contribution in [2.24, 2.45) is 5.92 Å². The third kappa shape index (κ3) is 3.95. The lowest BCUT2D eigenvalue weighted by atomic mass is 9.95. The average Bonchev–Trinajstić information content (AvgIpc) is 2.55. The number of pyridine rings is 1. The monoisotopic (exact) mass is 301 g/mol. The van der Waals surface area contributed by atoms with Gasteiger partial charge in [-0.1, -0.05) is 32.9 Å². The second-order valence-electron chi connectivity index (χ2n) is 6.23. The number of piperazine rings is 1. The van der Waals surface area contributed by atoms with Crippen molar-refractivity contribution < 1.29 is 4.79 Å². The van der Waals surface area contributed by atoms with E-state index in [1.807, 2.05) is 18.0 Å². The van der Waals surface area contributed by atoms with E-state index in [1.165, 1.54) is 11.6 Å². The molecule has 1 saturated heterocycles. The Morgan fingerprint density at radius 1 is 1.50 bits per heavy atom. The van der Waals surface area contributed by atoms with Gasteiger partial charge in [0.2, 0.25) is 5.91 Å². The number of hydrogen-bond donors (Lipinski definition) is 0. The van der Waals surface area contributed by atoms with Crippen LogP contribution >= 0.6 is 0 Å². The van der Waals surface area contributed by atoms with Crippen molar-refractivity contribution in [3.63, 3.8) is 0 Å². The number of nitrogens with zero attached hydrogens (tertiary/aromatic N) is 3. The van der Waals surface area contributed by atoms with Crippen LogP contribution in [0.2, 0.25) is 0 Å². The van der Waals surface area contributed by atoms with Gasteiger partial charge in [0.05, 0.1) is 0 Å². The zero-order chi connectivity index (χ0) is 16.1. The summed E-state index contributed by atoms with van der Waals surface area (Å²) in [6.07, 6.45) is 4.47. The van der Waals surface area contributed by atoms with Crippen LogP contribution in [0.5, 0.6) is 0 Å².